The molecule has 7 heteroatoms. The maximum Gasteiger partial charge on any atom is 0.259 e. The van der Waals surface area contributed by atoms with E-state index in [1.165, 1.54) is 0 Å². The predicted octanol–water partition coefficient (Wildman–Crippen LogP) is 8.07. The Kier molecular flexibility index (Phi) is 9.83. The second kappa shape index (κ2) is 14.9. The highest BCUT2D eigenvalue weighted by atomic mass is 16.5. The number of carbonyl (C=O) groups excluding carboxylic acids is 3. The molecule has 3 amide bonds. The molecule has 1 atom stereocenters. The Morgan fingerprint density at radius 3 is 1.91 bits per heavy atom. The second-order valence-electron chi connectivity index (χ2n) is 11.3. The molecule has 1 aliphatic heterocycles. The van der Waals surface area contributed by atoms with Crippen LogP contribution in [0.3, 0.4) is 0 Å². The molecule has 1 fully saturated rings. The molecule has 0 radical (unpaired) electrons. The molecule has 5 aromatic carbocycles. The van der Waals surface area contributed by atoms with Crippen molar-refractivity contribution in [2.75, 3.05) is 17.2 Å². The van der Waals surface area contributed by atoms with Crippen LogP contribution >= 0.6 is 0 Å². The van der Waals surface area contributed by atoms with Crippen LogP contribution in [-0.2, 0) is 16.0 Å². The van der Waals surface area contributed by atoms with Crippen LogP contribution in [0.2, 0.25) is 0 Å². The Balaban J connectivity index is 1.01. The minimum absolute atomic E-state index is 0.0245. The van der Waals surface area contributed by atoms with Gasteiger partial charge in [0.25, 0.3) is 5.91 Å². The number of para-hydroxylation sites is 2. The van der Waals surface area contributed by atoms with Gasteiger partial charge in [0.1, 0.15) is 17.5 Å². The number of benzene rings is 5. The molecule has 5 aromatic rings. The van der Waals surface area contributed by atoms with E-state index >= 15 is 0 Å². The number of hydrogen-bond acceptors (Lipinski definition) is 4. The summed E-state index contributed by atoms with van der Waals surface area (Å²) in [7, 11) is 0. The van der Waals surface area contributed by atoms with Crippen LogP contribution in [-0.4, -0.2) is 35.2 Å². The van der Waals surface area contributed by atoms with Crippen LogP contribution in [0.15, 0.2) is 133 Å². The van der Waals surface area contributed by atoms with Crippen LogP contribution in [0, 0.1) is 0 Å². The fourth-order valence-corrected chi connectivity index (χ4v) is 5.54. The summed E-state index contributed by atoms with van der Waals surface area (Å²) in [5.74, 6) is 0.698. The quantitative estimate of drug-likeness (QED) is 0.154. The predicted molar refractivity (Wildman–Crippen MR) is 186 cm³/mol. The van der Waals surface area contributed by atoms with Crippen molar-refractivity contribution in [3.63, 3.8) is 0 Å². The SMILES string of the molecule is O=C(Nc1ccc(C=Cc2ccc(NC(=O)[C@@H]3CCCN3C(=O)Cc3ccccc3)cc2)cc1)c1ccccc1Oc1ccccc1. The van der Waals surface area contributed by atoms with Gasteiger partial charge in [0, 0.05) is 17.9 Å². The fourth-order valence-electron chi connectivity index (χ4n) is 5.54. The zero-order valence-corrected chi connectivity index (χ0v) is 25.8. The normalized spacial score (nSPS) is 14.1. The van der Waals surface area contributed by atoms with Crippen molar-refractivity contribution < 1.29 is 19.1 Å². The van der Waals surface area contributed by atoms with Gasteiger partial charge >= 0.3 is 0 Å². The van der Waals surface area contributed by atoms with E-state index < -0.39 is 6.04 Å². The summed E-state index contributed by atoms with van der Waals surface area (Å²) in [6.45, 7) is 0.596. The third-order valence-corrected chi connectivity index (χ3v) is 7.99. The zero-order valence-electron chi connectivity index (χ0n) is 25.8. The molecular formula is C40H35N3O4. The van der Waals surface area contributed by atoms with Crippen LogP contribution in [0.25, 0.3) is 12.2 Å². The molecule has 7 nitrogen and oxygen atoms in total. The van der Waals surface area contributed by atoms with E-state index in [0.29, 0.717) is 47.8 Å². The lowest BCUT2D eigenvalue weighted by atomic mass is 10.1. The number of carbonyl (C=O) groups is 3. The number of nitrogens with one attached hydrogen (secondary N) is 2. The molecule has 47 heavy (non-hydrogen) atoms. The van der Waals surface area contributed by atoms with Gasteiger partial charge in [-0.25, -0.2) is 0 Å². The first kappa shape index (κ1) is 31.0. The van der Waals surface area contributed by atoms with Crippen molar-refractivity contribution in [2.45, 2.75) is 25.3 Å². The molecule has 0 saturated carbocycles. The van der Waals surface area contributed by atoms with E-state index in [2.05, 4.69) is 10.6 Å². The van der Waals surface area contributed by atoms with E-state index in [1.54, 1.807) is 23.1 Å². The van der Waals surface area contributed by atoms with Gasteiger partial charge in [-0.05, 0) is 78.1 Å². The van der Waals surface area contributed by atoms with E-state index in [4.69, 9.17) is 4.74 Å². The van der Waals surface area contributed by atoms with Crippen LogP contribution < -0.4 is 15.4 Å². The molecule has 0 bridgehead atoms. The van der Waals surface area contributed by atoms with Crippen molar-refractivity contribution in [1.29, 1.82) is 0 Å². The average molecular weight is 622 g/mol. The number of ether oxygens (including phenoxy) is 1. The summed E-state index contributed by atoms with van der Waals surface area (Å²) < 4.78 is 5.94. The molecule has 6 rings (SSSR count). The van der Waals surface area contributed by atoms with Crippen LogP contribution in [0.4, 0.5) is 11.4 Å². The van der Waals surface area contributed by atoms with Gasteiger partial charge in [0.2, 0.25) is 11.8 Å². The number of hydrogen-bond donors (Lipinski definition) is 2. The molecule has 234 valence electrons. The number of rotatable bonds is 10. The molecule has 0 aliphatic carbocycles. The second-order valence-corrected chi connectivity index (χ2v) is 11.3. The maximum absolute atomic E-state index is 13.1. The largest absolute Gasteiger partial charge is 0.457 e. The van der Waals surface area contributed by atoms with Crippen LogP contribution in [0.5, 0.6) is 11.5 Å². The highest BCUT2D eigenvalue weighted by Crippen LogP contribution is 2.26. The Morgan fingerprint density at radius 2 is 1.26 bits per heavy atom. The number of nitrogens with zero attached hydrogens (tertiary/aromatic N) is 1. The summed E-state index contributed by atoms with van der Waals surface area (Å²) in [5, 5.41) is 5.93. The highest BCUT2D eigenvalue weighted by Gasteiger charge is 2.33. The first-order valence-corrected chi connectivity index (χ1v) is 15.7. The molecule has 0 aromatic heterocycles. The van der Waals surface area contributed by atoms with Crippen molar-refractivity contribution in [3.05, 3.63) is 156 Å². The highest BCUT2D eigenvalue weighted by molar-refractivity contribution is 6.06. The number of amides is 3. The van der Waals surface area contributed by atoms with Crippen LogP contribution in [0.1, 0.15) is 39.9 Å². The minimum Gasteiger partial charge on any atom is -0.457 e. The summed E-state index contributed by atoms with van der Waals surface area (Å²) in [4.78, 5) is 40.8. The summed E-state index contributed by atoms with van der Waals surface area (Å²) in [5.41, 5.74) is 4.68. The Bertz CT molecular complexity index is 1850. The zero-order chi connectivity index (χ0) is 32.4. The lowest BCUT2D eigenvalue weighted by Gasteiger charge is -2.24. The summed E-state index contributed by atoms with van der Waals surface area (Å²) >= 11 is 0. The molecule has 1 aliphatic rings. The van der Waals surface area contributed by atoms with Gasteiger partial charge in [0.05, 0.1) is 12.0 Å². The van der Waals surface area contributed by atoms with Gasteiger partial charge in [-0.2, -0.15) is 0 Å². The molecule has 0 spiro atoms. The average Bonchev–Trinajstić information content (AvgIpc) is 3.61. The smallest absolute Gasteiger partial charge is 0.259 e. The van der Waals surface area contributed by atoms with Gasteiger partial charge in [-0.3, -0.25) is 14.4 Å². The van der Waals surface area contributed by atoms with Crippen molar-refractivity contribution in [1.82, 2.24) is 4.90 Å². The molecule has 0 unspecified atom stereocenters. The number of likely N-dealkylation sites (tertiary alicyclic amines) is 1. The summed E-state index contributed by atoms with van der Waals surface area (Å²) in [6, 6.07) is 40.8. The Hall–Kier alpha value is -5.95. The molecule has 2 N–H and O–H groups in total. The van der Waals surface area contributed by atoms with Gasteiger partial charge in [0.15, 0.2) is 0 Å². The van der Waals surface area contributed by atoms with E-state index in [9.17, 15) is 14.4 Å². The fraction of sp³-hybridized carbons (Fsp3) is 0.125. The molecule has 1 saturated heterocycles. The van der Waals surface area contributed by atoms with E-state index in [-0.39, 0.29) is 17.7 Å². The van der Waals surface area contributed by atoms with Crippen molar-refractivity contribution >= 4 is 41.2 Å². The van der Waals surface area contributed by atoms with Crippen molar-refractivity contribution in [2.24, 2.45) is 0 Å². The topological polar surface area (TPSA) is 87.7 Å². The third-order valence-electron chi connectivity index (χ3n) is 7.99. The monoisotopic (exact) mass is 621 g/mol. The van der Waals surface area contributed by atoms with Gasteiger partial charge < -0.3 is 20.3 Å². The first-order valence-electron chi connectivity index (χ1n) is 15.7. The Labute approximate surface area is 274 Å². The van der Waals surface area contributed by atoms with Gasteiger partial charge in [-0.1, -0.05) is 97.1 Å². The maximum atomic E-state index is 13.1. The lowest BCUT2D eigenvalue weighted by Crippen LogP contribution is -2.43. The standard InChI is InChI=1S/C40H35N3O4/c44-38(28-31-10-3-1-4-11-31)43-27-9-15-36(43)40(46)42-33-25-21-30(22-26-33)18-17-29-19-23-32(24-20-29)41-39(45)35-14-7-8-16-37(35)47-34-12-5-2-6-13-34/h1-8,10-14,16-26,36H,9,15,27-28H2,(H,41,45)(H,42,46)/t36-/m0/s1. The molecule has 1 heterocycles. The van der Waals surface area contributed by atoms with Crippen molar-refractivity contribution in [3.8, 4) is 11.5 Å². The van der Waals surface area contributed by atoms with E-state index in [1.807, 2.05) is 127 Å². The number of anilines is 2. The summed E-state index contributed by atoms with van der Waals surface area (Å²) in [6.07, 6.45) is 5.73. The van der Waals surface area contributed by atoms with Gasteiger partial charge in [-0.15, -0.1) is 0 Å². The minimum atomic E-state index is -0.462. The third kappa shape index (κ3) is 8.21. The molecular weight excluding hydrogens is 586 g/mol. The van der Waals surface area contributed by atoms with E-state index in [0.717, 1.165) is 23.1 Å². The Morgan fingerprint density at radius 1 is 0.681 bits per heavy atom. The lowest BCUT2D eigenvalue weighted by molar-refractivity contribution is -0.136. The first-order chi connectivity index (χ1) is 23.0.